The second-order valence-corrected chi connectivity index (χ2v) is 6.43. The van der Waals surface area contributed by atoms with Gasteiger partial charge in [-0.05, 0) is 48.7 Å². The number of likely N-dealkylation sites (N-methyl/N-ethyl adjacent to an activating group) is 1. The summed E-state index contributed by atoms with van der Waals surface area (Å²) in [6, 6.07) is 17.6. The van der Waals surface area contributed by atoms with Crippen LogP contribution in [0.2, 0.25) is 0 Å². The topological polar surface area (TPSA) is 19.0 Å². The molecule has 0 aliphatic carbocycles. The molecular formula is C22H28N2. The van der Waals surface area contributed by atoms with Crippen molar-refractivity contribution in [3.05, 3.63) is 70.9 Å². The summed E-state index contributed by atoms with van der Waals surface area (Å²) in [4.78, 5) is 6.07. The molecule has 0 spiro atoms. The molecule has 0 amide bonds. The summed E-state index contributed by atoms with van der Waals surface area (Å²) in [5.74, 6) is 0. The minimum atomic E-state index is 1.01. The van der Waals surface area contributed by atoms with Crippen molar-refractivity contribution in [2.45, 2.75) is 33.1 Å². The van der Waals surface area contributed by atoms with Gasteiger partial charge in [0.1, 0.15) is 0 Å². The van der Waals surface area contributed by atoms with Gasteiger partial charge in [0, 0.05) is 36.1 Å². The fraction of sp³-hybridized carbons (Fsp3) is 0.364. The van der Waals surface area contributed by atoms with Crippen molar-refractivity contribution in [3.8, 4) is 0 Å². The number of nitrogens with one attached hydrogen (secondary N) is 1. The van der Waals surface area contributed by atoms with Gasteiger partial charge in [0.05, 0.1) is 0 Å². The minimum Gasteiger partial charge on any atom is -0.358 e. The van der Waals surface area contributed by atoms with Gasteiger partial charge in [-0.1, -0.05) is 50.2 Å². The maximum Gasteiger partial charge on any atom is 0.0459 e. The van der Waals surface area contributed by atoms with E-state index in [1.165, 1.54) is 33.3 Å². The van der Waals surface area contributed by atoms with E-state index in [2.05, 4.69) is 65.5 Å². The maximum atomic E-state index is 3.64. The van der Waals surface area contributed by atoms with Crippen LogP contribution in [-0.4, -0.2) is 30.0 Å². The van der Waals surface area contributed by atoms with Gasteiger partial charge in [0.15, 0.2) is 0 Å². The van der Waals surface area contributed by atoms with Crippen molar-refractivity contribution in [2.75, 3.05) is 20.1 Å². The van der Waals surface area contributed by atoms with Crippen molar-refractivity contribution >= 4 is 10.9 Å². The lowest BCUT2D eigenvalue weighted by atomic mass is 10.0. The monoisotopic (exact) mass is 320 g/mol. The number of benzene rings is 2. The molecule has 0 bridgehead atoms. The Morgan fingerprint density at radius 1 is 0.917 bits per heavy atom. The molecule has 0 saturated heterocycles. The van der Waals surface area contributed by atoms with Crippen molar-refractivity contribution in [1.82, 2.24) is 9.88 Å². The zero-order valence-corrected chi connectivity index (χ0v) is 15.1. The Hall–Kier alpha value is -2.06. The van der Waals surface area contributed by atoms with Gasteiger partial charge >= 0.3 is 0 Å². The Labute approximate surface area is 145 Å². The summed E-state index contributed by atoms with van der Waals surface area (Å²) in [5, 5.41) is 1.43. The normalized spacial score (nSPS) is 14.6. The molecule has 1 aromatic heterocycles. The molecule has 126 valence electrons. The zero-order chi connectivity index (χ0) is 16.9. The Bertz CT molecular complexity index is 786. The highest BCUT2D eigenvalue weighted by atomic mass is 15.1. The molecule has 1 aliphatic rings. The second kappa shape index (κ2) is 7.67. The molecule has 3 aromatic rings. The van der Waals surface area contributed by atoms with Crippen LogP contribution in [0.1, 0.15) is 36.2 Å². The molecule has 0 unspecified atom stereocenters. The number of nitrogens with zero attached hydrogens (tertiary/aromatic N) is 1. The third-order valence-corrected chi connectivity index (χ3v) is 4.80. The van der Waals surface area contributed by atoms with Crippen LogP contribution < -0.4 is 0 Å². The van der Waals surface area contributed by atoms with Gasteiger partial charge < -0.3 is 9.88 Å². The Kier molecular flexibility index (Phi) is 5.37. The molecule has 0 radical (unpaired) electrons. The molecule has 2 heterocycles. The van der Waals surface area contributed by atoms with E-state index in [-0.39, 0.29) is 0 Å². The molecule has 0 saturated carbocycles. The first kappa shape index (κ1) is 16.8. The van der Waals surface area contributed by atoms with Crippen LogP contribution in [0, 0.1) is 0 Å². The van der Waals surface area contributed by atoms with E-state index in [0.29, 0.717) is 0 Å². The van der Waals surface area contributed by atoms with Gasteiger partial charge in [-0.3, -0.25) is 0 Å². The first-order chi connectivity index (χ1) is 11.8. The van der Waals surface area contributed by atoms with E-state index in [9.17, 15) is 0 Å². The Morgan fingerprint density at radius 3 is 2.46 bits per heavy atom. The molecule has 2 heteroatoms. The van der Waals surface area contributed by atoms with E-state index in [0.717, 1.165) is 32.4 Å². The first-order valence-corrected chi connectivity index (χ1v) is 9.14. The van der Waals surface area contributed by atoms with Gasteiger partial charge in [-0.15, -0.1) is 0 Å². The Morgan fingerprint density at radius 2 is 1.67 bits per heavy atom. The summed E-state index contributed by atoms with van der Waals surface area (Å²) in [5.41, 5.74) is 7.05. The number of fused-ring (bicyclic) bond motifs is 3. The van der Waals surface area contributed by atoms with Gasteiger partial charge in [0.2, 0.25) is 0 Å². The molecule has 2 aromatic carbocycles. The zero-order valence-electron chi connectivity index (χ0n) is 15.1. The maximum absolute atomic E-state index is 3.64. The van der Waals surface area contributed by atoms with E-state index in [1.807, 2.05) is 13.8 Å². The SMILES string of the molecule is CC.CN1CCc2[nH]c3ccc(Cc4ccccc4)cc3c2CC1. The van der Waals surface area contributed by atoms with Gasteiger partial charge in [0.25, 0.3) is 0 Å². The quantitative estimate of drug-likeness (QED) is 0.717. The van der Waals surface area contributed by atoms with Crippen molar-refractivity contribution in [2.24, 2.45) is 0 Å². The summed E-state index contributed by atoms with van der Waals surface area (Å²) in [6.45, 7) is 6.31. The average Bonchev–Trinajstić information content (AvgIpc) is 2.87. The first-order valence-electron chi connectivity index (χ1n) is 9.14. The number of hydrogen-bond acceptors (Lipinski definition) is 1. The van der Waals surface area contributed by atoms with Crippen LogP contribution in [0.3, 0.4) is 0 Å². The van der Waals surface area contributed by atoms with E-state index in [4.69, 9.17) is 0 Å². The summed E-state index contributed by atoms with van der Waals surface area (Å²) in [7, 11) is 2.22. The van der Waals surface area contributed by atoms with Gasteiger partial charge in [-0.2, -0.15) is 0 Å². The van der Waals surface area contributed by atoms with Crippen molar-refractivity contribution in [1.29, 1.82) is 0 Å². The molecule has 1 N–H and O–H groups in total. The fourth-order valence-electron chi connectivity index (χ4n) is 3.51. The summed E-state index contributed by atoms with van der Waals surface area (Å²) < 4.78 is 0. The van der Waals surface area contributed by atoms with Crippen molar-refractivity contribution in [3.63, 3.8) is 0 Å². The predicted octanol–water partition coefficient (Wildman–Crippen LogP) is 4.82. The largest absolute Gasteiger partial charge is 0.358 e. The third-order valence-electron chi connectivity index (χ3n) is 4.80. The molecule has 2 nitrogen and oxygen atoms in total. The molecule has 24 heavy (non-hydrogen) atoms. The average molecular weight is 320 g/mol. The predicted molar refractivity (Wildman–Crippen MR) is 104 cm³/mol. The smallest absolute Gasteiger partial charge is 0.0459 e. The van der Waals surface area contributed by atoms with Crippen molar-refractivity contribution < 1.29 is 0 Å². The van der Waals surface area contributed by atoms with Gasteiger partial charge in [-0.25, -0.2) is 0 Å². The molecule has 0 atom stereocenters. The lowest BCUT2D eigenvalue weighted by Crippen LogP contribution is -2.21. The van der Waals surface area contributed by atoms with E-state index in [1.54, 1.807) is 0 Å². The molecule has 1 aliphatic heterocycles. The molecule has 0 fully saturated rings. The number of hydrogen-bond donors (Lipinski definition) is 1. The number of H-pyrrole nitrogens is 1. The number of aromatic amines is 1. The van der Waals surface area contributed by atoms with Crippen LogP contribution in [0.5, 0.6) is 0 Å². The highest BCUT2D eigenvalue weighted by Crippen LogP contribution is 2.27. The highest BCUT2D eigenvalue weighted by molar-refractivity contribution is 5.85. The lowest BCUT2D eigenvalue weighted by molar-refractivity contribution is 0.352. The molecular weight excluding hydrogens is 292 g/mol. The van der Waals surface area contributed by atoms with Crippen LogP contribution in [-0.2, 0) is 19.3 Å². The van der Waals surface area contributed by atoms with Crippen LogP contribution in [0.15, 0.2) is 48.5 Å². The minimum absolute atomic E-state index is 1.01. The highest BCUT2D eigenvalue weighted by Gasteiger charge is 2.16. The standard InChI is InChI=1S/C20H22N2.C2H6/c1-22-11-9-17-18-14-16(13-15-5-3-2-4-6-15)7-8-19(18)21-20(17)10-12-22;1-2/h2-8,14,21H,9-13H2,1H3;1-2H3. The van der Waals surface area contributed by atoms with E-state index < -0.39 is 0 Å². The summed E-state index contributed by atoms with van der Waals surface area (Å²) in [6.07, 6.45) is 3.30. The van der Waals surface area contributed by atoms with Crippen LogP contribution in [0.25, 0.3) is 10.9 Å². The molecule has 4 rings (SSSR count). The van der Waals surface area contributed by atoms with Crippen LogP contribution >= 0.6 is 0 Å². The number of aromatic nitrogens is 1. The second-order valence-electron chi connectivity index (χ2n) is 6.43. The van der Waals surface area contributed by atoms with E-state index >= 15 is 0 Å². The summed E-state index contributed by atoms with van der Waals surface area (Å²) >= 11 is 0. The number of rotatable bonds is 2. The van der Waals surface area contributed by atoms with Crippen LogP contribution in [0.4, 0.5) is 0 Å². The third kappa shape index (κ3) is 3.54. The fourth-order valence-corrected chi connectivity index (χ4v) is 3.51. The Balaban J connectivity index is 0.000000815. The lowest BCUT2D eigenvalue weighted by Gasteiger charge is -2.11.